The molecule has 0 radical (unpaired) electrons. The Labute approximate surface area is 84.3 Å². The molecular formula is C8H16N2O3S. The standard InChI is InChI=1S/C8H16N2O3S/c1-14(11,12)13-7-3-2-6(4-7)8-5-9-10-8/h6-10H,2-5H2,1H3. The summed E-state index contributed by atoms with van der Waals surface area (Å²) in [7, 11) is -3.28. The molecule has 0 bridgehead atoms. The van der Waals surface area contributed by atoms with Crippen LogP contribution in [0.3, 0.4) is 0 Å². The summed E-state index contributed by atoms with van der Waals surface area (Å²) in [4.78, 5) is 0. The van der Waals surface area contributed by atoms with Crippen LogP contribution in [0.2, 0.25) is 0 Å². The van der Waals surface area contributed by atoms with Crippen molar-refractivity contribution in [3.8, 4) is 0 Å². The lowest BCUT2D eigenvalue weighted by molar-refractivity contribution is 0.182. The van der Waals surface area contributed by atoms with Gasteiger partial charge in [0.15, 0.2) is 0 Å². The van der Waals surface area contributed by atoms with E-state index in [9.17, 15) is 8.42 Å². The average Bonchev–Trinajstić information content (AvgIpc) is 2.28. The molecule has 5 nitrogen and oxygen atoms in total. The van der Waals surface area contributed by atoms with Crippen molar-refractivity contribution in [2.45, 2.75) is 31.4 Å². The Bertz CT molecular complexity index is 300. The van der Waals surface area contributed by atoms with Gasteiger partial charge < -0.3 is 0 Å². The molecule has 2 rings (SSSR count). The van der Waals surface area contributed by atoms with Crippen LogP contribution in [-0.2, 0) is 14.3 Å². The first kappa shape index (κ1) is 10.4. The van der Waals surface area contributed by atoms with Gasteiger partial charge in [0.05, 0.1) is 12.4 Å². The van der Waals surface area contributed by atoms with Gasteiger partial charge in [-0.1, -0.05) is 0 Å². The predicted octanol–water partition coefficient (Wildman–Crippen LogP) is -0.392. The van der Waals surface area contributed by atoms with Crippen molar-refractivity contribution < 1.29 is 12.6 Å². The second-order valence-electron chi connectivity index (χ2n) is 4.13. The Morgan fingerprint density at radius 1 is 1.36 bits per heavy atom. The molecule has 2 N–H and O–H groups in total. The average molecular weight is 220 g/mol. The van der Waals surface area contributed by atoms with Crippen LogP contribution in [0, 0.1) is 5.92 Å². The Balaban J connectivity index is 1.82. The van der Waals surface area contributed by atoms with Crippen molar-refractivity contribution in [1.29, 1.82) is 0 Å². The number of rotatable bonds is 3. The summed E-state index contributed by atoms with van der Waals surface area (Å²) in [6.07, 6.45) is 3.78. The van der Waals surface area contributed by atoms with E-state index in [1.54, 1.807) is 0 Å². The maximum atomic E-state index is 10.9. The first-order valence-electron chi connectivity index (χ1n) is 4.91. The van der Waals surface area contributed by atoms with Gasteiger partial charge in [-0.2, -0.15) is 8.42 Å². The smallest absolute Gasteiger partial charge is 0.264 e. The lowest BCUT2D eigenvalue weighted by atomic mass is 9.97. The predicted molar refractivity (Wildman–Crippen MR) is 52.0 cm³/mol. The zero-order chi connectivity index (χ0) is 10.2. The maximum absolute atomic E-state index is 10.9. The Morgan fingerprint density at radius 2 is 2.07 bits per heavy atom. The molecule has 2 aliphatic rings. The number of nitrogens with one attached hydrogen (secondary N) is 2. The van der Waals surface area contributed by atoms with Crippen LogP contribution in [0.25, 0.3) is 0 Å². The first-order chi connectivity index (χ1) is 6.54. The monoisotopic (exact) mass is 220 g/mol. The van der Waals surface area contributed by atoms with E-state index in [1.165, 1.54) is 0 Å². The van der Waals surface area contributed by atoms with Crippen LogP contribution < -0.4 is 10.9 Å². The summed E-state index contributed by atoms with van der Waals surface area (Å²) in [6, 6.07) is 0.503. The molecule has 0 aromatic rings. The number of hydrogen-bond acceptors (Lipinski definition) is 5. The number of hydrogen-bond donors (Lipinski definition) is 2. The zero-order valence-corrected chi connectivity index (χ0v) is 9.01. The van der Waals surface area contributed by atoms with Gasteiger partial charge in [-0.05, 0) is 25.2 Å². The Kier molecular flexibility index (Phi) is 2.79. The van der Waals surface area contributed by atoms with Gasteiger partial charge in [0.1, 0.15) is 0 Å². The number of hydrazine groups is 1. The van der Waals surface area contributed by atoms with Crippen molar-refractivity contribution in [3.05, 3.63) is 0 Å². The van der Waals surface area contributed by atoms with E-state index in [0.29, 0.717) is 12.0 Å². The van der Waals surface area contributed by atoms with E-state index in [-0.39, 0.29) is 6.10 Å². The molecule has 0 spiro atoms. The van der Waals surface area contributed by atoms with E-state index in [1.807, 2.05) is 0 Å². The molecule has 14 heavy (non-hydrogen) atoms. The van der Waals surface area contributed by atoms with E-state index >= 15 is 0 Å². The first-order valence-corrected chi connectivity index (χ1v) is 6.73. The zero-order valence-electron chi connectivity index (χ0n) is 8.19. The topological polar surface area (TPSA) is 67.4 Å². The van der Waals surface area contributed by atoms with Gasteiger partial charge >= 0.3 is 0 Å². The van der Waals surface area contributed by atoms with Crippen LogP contribution in [0.1, 0.15) is 19.3 Å². The summed E-state index contributed by atoms with van der Waals surface area (Å²) in [5, 5.41) is 0. The molecule has 6 heteroatoms. The van der Waals surface area contributed by atoms with Gasteiger partial charge in [-0.15, -0.1) is 0 Å². The van der Waals surface area contributed by atoms with Gasteiger partial charge in [0, 0.05) is 12.6 Å². The molecule has 1 aliphatic carbocycles. The quantitative estimate of drug-likeness (QED) is 0.634. The minimum atomic E-state index is -3.28. The molecule has 0 aromatic heterocycles. The van der Waals surface area contributed by atoms with Crippen LogP contribution >= 0.6 is 0 Å². The molecule has 0 amide bonds. The second kappa shape index (κ2) is 3.77. The van der Waals surface area contributed by atoms with Gasteiger partial charge in [-0.25, -0.2) is 0 Å². The summed E-state index contributed by atoms with van der Waals surface area (Å²) in [6.45, 7) is 0.982. The fourth-order valence-corrected chi connectivity index (χ4v) is 2.85. The summed E-state index contributed by atoms with van der Waals surface area (Å²) >= 11 is 0. The van der Waals surface area contributed by atoms with E-state index in [2.05, 4.69) is 10.9 Å². The van der Waals surface area contributed by atoms with Gasteiger partial charge in [0.2, 0.25) is 0 Å². The molecule has 0 aromatic carbocycles. The van der Waals surface area contributed by atoms with Crippen LogP contribution in [0.15, 0.2) is 0 Å². The third kappa shape index (κ3) is 2.44. The van der Waals surface area contributed by atoms with Crippen molar-refractivity contribution in [1.82, 2.24) is 10.9 Å². The summed E-state index contributed by atoms with van der Waals surface area (Å²) in [5.41, 5.74) is 6.11. The summed E-state index contributed by atoms with van der Waals surface area (Å²) < 4.78 is 26.8. The maximum Gasteiger partial charge on any atom is 0.264 e. The largest absolute Gasteiger partial charge is 0.267 e. The Hall–Kier alpha value is -0.170. The molecule has 2 fully saturated rings. The minimum absolute atomic E-state index is 0.0996. The van der Waals surface area contributed by atoms with Crippen LogP contribution in [0.4, 0.5) is 0 Å². The SMILES string of the molecule is CS(=O)(=O)OC1CCC(C2CNN2)C1. The fraction of sp³-hybridized carbons (Fsp3) is 1.00. The highest BCUT2D eigenvalue weighted by Gasteiger charge is 2.35. The molecule has 1 heterocycles. The lowest BCUT2D eigenvalue weighted by Crippen LogP contribution is -2.61. The summed E-state index contributed by atoms with van der Waals surface area (Å²) in [5.74, 6) is 0.558. The van der Waals surface area contributed by atoms with Gasteiger partial charge in [-0.3, -0.25) is 15.0 Å². The highest BCUT2D eigenvalue weighted by molar-refractivity contribution is 7.86. The Morgan fingerprint density at radius 3 is 2.57 bits per heavy atom. The van der Waals surface area contributed by atoms with Crippen molar-refractivity contribution in [3.63, 3.8) is 0 Å². The molecule has 3 atom stereocenters. The highest BCUT2D eigenvalue weighted by atomic mass is 32.2. The second-order valence-corrected chi connectivity index (χ2v) is 5.73. The molecule has 82 valence electrons. The van der Waals surface area contributed by atoms with Gasteiger partial charge in [0.25, 0.3) is 10.1 Å². The van der Waals surface area contributed by atoms with E-state index in [0.717, 1.165) is 32.1 Å². The fourth-order valence-electron chi connectivity index (χ4n) is 2.18. The van der Waals surface area contributed by atoms with Crippen LogP contribution in [-0.4, -0.2) is 33.4 Å². The molecule has 1 saturated heterocycles. The van der Waals surface area contributed by atoms with Crippen molar-refractivity contribution in [2.24, 2.45) is 5.92 Å². The third-order valence-corrected chi connectivity index (χ3v) is 3.54. The highest BCUT2D eigenvalue weighted by Crippen LogP contribution is 2.31. The molecule has 1 saturated carbocycles. The molecule has 3 unspecified atom stereocenters. The van der Waals surface area contributed by atoms with Crippen molar-refractivity contribution >= 4 is 10.1 Å². The third-order valence-electron chi connectivity index (χ3n) is 2.91. The molecule has 1 aliphatic heterocycles. The lowest BCUT2D eigenvalue weighted by Gasteiger charge is -2.33. The normalized spacial score (nSPS) is 38.2. The van der Waals surface area contributed by atoms with E-state index in [4.69, 9.17) is 4.18 Å². The van der Waals surface area contributed by atoms with Crippen LogP contribution in [0.5, 0.6) is 0 Å². The minimum Gasteiger partial charge on any atom is -0.267 e. The molecular weight excluding hydrogens is 204 g/mol. The van der Waals surface area contributed by atoms with Crippen molar-refractivity contribution in [2.75, 3.05) is 12.8 Å². The van der Waals surface area contributed by atoms with E-state index < -0.39 is 10.1 Å².